The van der Waals surface area contributed by atoms with E-state index in [0.717, 1.165) is 12.2 Å². The van der Waals surface area contributed by atoms with Gasteiger partial charge in [-0.05, 0) is 32.9 Å². The molecule has 0 aliphatic carbocycles. The van der Waals surface area contributed by atoms with Crippen molar-refractivity contribution in [1.82, 2.24) is 15.0 Å². The first-order chi connectivity index (χ1) is 10.1. The van der Waals surface area contributed by atoms with Crippen LogP contribution in [0.15, 0.2) is 30.3 Å². The van der Waals surface area contributed by atoms with Crippen LogP contribution in [0.3, 0.4) is 0 Å². The predicted molar refractivity (Wildman–Crippen MR) is 84.3 cm³/mol. The number of anilines is 3. The van der Waals surface area contributed by atoms with Crippen LogP contribution in [0.1, 0.15) is 20.8 Å². The highest BCUT2D eigenvalue weighted by molar-refractivity contribution is 5.57. The molecule has 1 aromatic carbocycles. The smallest absolute Gasteiger partial charge is 0.323 e. The largest absolute Gasteiger partial charge is 0.461 e. The van der Waals surface area contributed by atoms with Gasteiger partial charge in [0.1, 0.15) is 0 Å². The molecule has 0 atom stereocenters. The second kappa shape index (κ2) is 6.88. The van der Waals surface area contributed by atoms with E-state index >= 15 is 0 Å². The third kappa shape index (κ3) is 3.81. The molecule has 2 rings (SSSR count). The molecule has 21 heavy (non-hydrogen) atoms. The summed E-state index contributed by atoms with van der Waals surface area (Å²) in [5.41, 5.74) is 1.03. The molecule has 0 aliphatic heterocycles. The van der Waals surface area contributed by atoms with Crippen molar-refractivity contribution in [3.05, 3.63) is 30.3 Å². The van der Waals surface area contributed by atoms with Crippen molar-refractivity contribution >= 4 is 17.6 Å². The SMILES string of the molecule is CCN(c1ccccc1)c1nc(NC)nc(OC(C)C)n1. The Morgan fingerprint density at radius 2 is 1.86 bits per heavy atom. The molecule has 1 heterocycles. The molecule has 0 bridgehead atoms. The highest BCUT2D eigenvalue weighted by Gasteiger charge is 2.14. The van der Waals surface area contributed by atoms with E-state index in [0.29, 0.717) is 17.9 Å². The van der Waals surface area contributed by atoms with E-state index < -0.39 is 0 Å². The van der Waals surface area contributed by atoms with Crippen LogP contribution in [0.4, 0.5) is 17.6 Å². The molecule has 1 N–H and O–H groups in total. The monoisotopic (exact) mass is 287 g/mol. The van der Waals surface area contributed by atoms with Crippen molar-refractivity contribution in [3.8, 4) is 6.01 Å². The molecule has 112 valence electrons. The molecular formula is C15H21N5O. The van der Waals surface area contributed by atoms with Crippen LogP contribution in [0.2, 0.25) is 0 Å². The second-order valence-corrected chi connectivity index (χ2v) is 4.74. The first kappa shape index (κ1) is 15.0. The zero-order valence-electron chi connectivity index (χ0n) is 12.9. The van der Waals surface area contributed by atoms with Crippen molar-refractivity contribution < 1.29 is 4.74 Å². The number of rotatable bonds is 6. The van der Waals surface area contributed by atoms with E-state index in [1.807, 2.05) is 49.1 Å². The lowest BCUT2D eigenvalue weighted by Crippen LogP contribution is -2.21. The van der Waals surface area contributed by atoms with Gasteiger partial charge in [-0.2, -0.15) is 15.0 Å². The summed E-state index contributed by atoms with van der Waals surface area (Å²) in [6.07, 6.45) is 0.0109. The molecule has 0 saturated carbocycles. The Morgan fingerprint density at radius 1 is 1.14 bits per heavy atom. The standard InChI is InChI=1S/C15H21N5O/c1-5-20(12-9-7-6-8-10-12)14-17-13(16-4)18-15(19-14)21-11(2)3/h6-11H,5H2,1-4H3,(H,16,17,18,19). The van der Waals surface area contributed by atoms with E-state index in [1.165, 1.54) is 0 Å². The highest BCUT2D eigenvalue weighted by atomic mass is 16.5. The Hall–Kier alpha value is -2.37. The maximum Gasteiger partial charge on any atom is 0.323 e. The molecule has 0 amide bonds. The number of aromatic nitrogens is 3. The highest BCUT2D eigenvalue weighted by Crippen LogP contribution is 2.23. The Bertz CT molecular complexity index is 574. The number of para-hydroxylation sites is 1. The van der Waals surface area contributed by atoms with Gasteiger partial charge in [0.15, 0.2) is 0 Å². The maximum absolute atomic E-state index is 5.60. The van der Waals surface area contributed by atoms with Gasteiger partial charge in [-0.1, -0.05) is 18.2 Å². The molecule has 0 unspecified atom stereocenters. The van der Waals surface area contributed by atoms with Crippen molar-refractivity contribution in [3.63, 3.8) is 0 Å². The van der Waals surface area contributed by atoms with Crippen LogP contribution < -0.4 is 15.0 Å². The number of hydrogen-bond acceptors (Lipinski definition) is 6. The number of nitrogens with one attached hydrogen (secondary N) is 1. The maximum atomic E-state index is 5.60. The first-order valence-corrected chi connectivity index (χ1v) is 7.07. The number of hydrogen-bond donors (Lipinski definition) is 1. The Labute approximate surface area is 125 Å². The quantitative estimate of drug-likeness (QED) is 0.881. The summed E-state index contributed by atoms with van der Waals surface area (Å²) in [6.45, 7) is 6.69. The van der Waals surface area contributed by atoms with Crippen LogP contribution in [0.25, 0.3) is 0 Å². The van der Waals surface area contributed by atoms with Crippen LogP contribution in [-0.2, 0) is 0 Å². The van der Waals surface area contributed by atoms with E-state index in [-0.39, 0.29) is 6.10 Å². The summed E-state index contributed by atoms with van der Waals surface area (Å²) in [7, 11) is 1.77. The molecule has 2 aromatic rings. The van der Waals surface area contributed by atoms with Gasteiger partial charge in [-0.15, -0.1) is 0 Å². The summed E-state index contributed by atoms with van der Waals surface area (Å²) in [6, 6.07) is 10.3. The van der Waals surface area contributed by atoms with E-state index in [1.54, 1.807) is 7.05 Å². The second-order valence-electron chi connectivity index (χ2n) is 4.74. The Kier molecular flexibility index (Phi) is 4.92. The Balaban J connectivity index is 2.40. The zero-order valence-corrected chi connectivity index (χ0v) is 12.9. The van der Waals surface area contributed by atoms with Crippen molar-refractivity contribution in [2.75, 3.05) is 23.8 Å². The number of ether oxygens (including phenoxy) is 1. The molecule has 0 saturated heterocycles. The van der Waals surface area contributed by atoms with Crippen LogP contribution in [0.5, 0.6) is 6.01 Å². The van der Waals surface area contributed by atoms with Gasteiger partial charge in [-0.3, -0.25) is 0 Å². The summed E-state index contributed by atoms with van der Waals surface area (Å²) >= 11 is 0. The molecule has 6 nitrogen and oxygen atoms in total. The van der Waals surface area contributed by atoms with E-state index in [2.05, 4.69) is 27.2 Å². The molecule has 0 radical (unpaired) electrons. The third-order valence-corrected chi connectivity index (χ3v) is 2.79. The lowest BCUT2D eigenvalue weighted by molar-refractivity contribution is 0.222. The average Bonchev–Trinajstić information content (AvgIpc) is 2.48. The van der Waals surface area contributed by atoms with Gasteiger partial charge in [0.05, 0.1) is 6.10 Å². The fourth-order valence-electron chi connectivity index (χ4n) is 1.89. The summed E-state index contributed by atoms with van der Waals surface area (Å²) < 4.78 is 5.60. The Morgan fingerprint density at radius 3 is 2.43 bits per heavy atom. The summed E-state index contributed by atoms with van der Waals surface area (Å²) in [5, 5.41) is 2.94. The molecule has 0 aliphatic rings. The van der Waals surface area contributed by atoms with Gasteiger partial charge in [-0.25, -0.2) is 0 Å². The van der Waals surface area contributed by atoms with Gasteiger partial charge in [0.25, 0.3) is 0 Å². The van der Waals surface area contributed by atoms with Crippen LogP contribution >= 0.6 is 0 Å². The summed E-state index contributed by atoms with van der Waals surface area (Å²) in [5.74, 6) is 1.06. The zero-order chi connectivity index (χ0) is 15.2. The minimum atomic E-state index is 0.0109. The minimum Gasteiger partial charge on any atom is -0.461 e. The van der Waals surface area contributed by atoms with Gasteiger partial charge >= 0.3 is 6.01 Å². The minimum absolute atomic E-state index is 0.0109. The predicted octanol–water partition coefficient (Wildman–Crippen LogP) is 2.86. The van der Waals surface area contributed by atoms with Crippen LogP contribution in [0, 0.1) is 0 Å². The van der Waals surface area contributed by atoms with Gasteiger partial charge in [0.2, 0.25) is 11.9 Å². The van der Waals surface area contributed by atoms with Crippen LogP contribution in [-0.4, -0.2) is 34.6 Å². The average molecular weight is 287 g/mol. The van der Waals surface area contributed by atoms with E-state index in [4.69, 9.17) is 4.74 Å². The van der Waals surface area contributed by atoms with Crippen molar-refractivity contribution in [2.45, 2.75) is 26.9 Å². The summed E-state index contributed by atoms with van der Waals surface area (Å²) in [4.78, 5) is 15.1. The lowest BCUT2D eigenvalue weighted by atomic mass is 10.3. The normalized spacial score (nSPS) is 10.5. The molecule has 1 aromatic heterocycles. The first-order valence-electron chi connectivity index (χ1n) is 7.07. The molecule has 6 heteroatoms. The number of nitrogens with zero attached hydrogens (tertiary/aromatic N) is 4. The topological polar surface area (TPSA) is 63.2 Å². The number of benzene rings is 1. The molecular weight excluding hydrogens is 266 g/mol. The fraction of sp³-hybridized carbons (Fsp3) is 0.400. The fourth-order valence-corrected chi connectivity index (χ4v) is 1.89. The van der Waals surface area contributed by atoms with Crippen molar-refractivity contribution in [2.24, 2.45) is 0 Å². The lowest BCUT2D eigenvalue weighted by Gasteiger charge is -2.21. The molecule has 0 spiro atoms. The third-order valence-electron chi connectivity index (χ3n) is 2.79. The van der Waals surface area contributed by atoms with Gasteiger partial charge in [0, 0.05) is 19.3 Å². The van der Waals surface area contributed by atoms with Gasteiger partial charge < -0.3 is 15.0 Å². The molecule has 0 fully saturated rings. The van der Waals surface area contributed by atoms with E-state index in [9.17, 15) is 0 Å². The van der Waals surface area contributed by atoms with Crippen molar-refractivity contribution in [1.29, 1.82) is 0 Å².